The number of aromatic nitrogens is 3. The van der Waals surface area contributed by atoms with Crippen molar-refractivity contribution in [3.8, 4) is 23.1 Å². The van der Waals surface area contributed by atoms with Gasteiger partial charge >= 0.3 is 5.69 Å². The Balaban J connectivity index is 0.709. The van der Waals surface area contributed by atoms with Gasteiger partial charge in [0.15, 0.2) is 0 Å². The molecule has 3 aromatic heterocycles. The molecule has 0 spiro atoms. The van der Waals surface area contributed by atoms with Crippen LogP contribution in [-0.4, -0.2) is 56.9 Å². The summed E-state index contributed by atoms with van der Waals surface area (Å²) in [5, 5.41) is 14.0. The molecule has 314 valence electrons. The Morgan fingerprint density at radius 2 is 1.70 bits per heavy atom. The Hall–Kier alpha value is -6.26. The van der Waals surface area contributed by atoms with E-state index in [2.05, 4.69) is 39.2 Å². The molecule has 4 N–H and O–H groups in total. The molecule has 0 bridgehead atoms. The van der Waals surface area contributed by atoms with Gasteiger partial charge in [0.1, 0.15) is 10.9 Å². The van der Waals surface area contributed by atoms with Gasteiger partial charge in [-0.1, -0.05) is 62.1 Å². The van der Waals surface area contributed by atoms with Crippen LogP contribution < -0.4 is 27.0 Å². The second-order valence-electron chi connectivity index (χ2n) is 16.2. The molecule has 5 heterocycles. The Morgan fingerprint density at radius 1 is 0.918 bits per heavy atom. The zero-order valence-corrected chi connectivity index (χ0v) is 35.5. The number of aryl methyl sites for hydroxylation is 2. The lowest BCUT2D eigenvalue weighted by Gasteiger charge is -2.21. The fraction of sp³-hybridized carbons (Fsp3) is 0.375. The largest absolute Gasteiger partial charge is 0.381 e. The van der Waals surface area contributed by atoms with Crippen LogP contribution in [-0.2, 0) is 27.9 Å². The SMILES string of the molecule is C[C@@H]1CNc2c(sc3ccc4nc(-c5ccc(C#CCCNC(=O)CCCCCCCCCc6ccc7c(c6)n(C)c(=O)n7C6CCC(=O)NC6=O)cc5)ccc4c23)C(=O)N1. The lowest BCUT2D eigenvalue weighted by atomic mass is 10.0. The minimum atomic E-state index is -0.674. The molecule has 0 saturated carbocycles. The van der Waals surface area contributed by atoms with Gasteiger partial charge in [0.05, 0.1) is 27.9 Å². The second-order valence-corrected chi connectivity index (χ2v) is 17.3. The van der Waals surface area contributed by atoms with Crippen LogP contribution in [0.4, 0.5) is 5.69 Å². The molecule has 2 aliphatic heterocycles. The lowest BCUT2D eigenvalue weighted by molar-refractivity contribution is -0.135. The molecule has 6 aromatic rings. The number of imide groups is 1. The van der Waals surface area contributed by atoms with Crippen molar-refractivity contribution in [3.05, 3.63) is 93.2 Å². The molecule has 3 aromatic carbocycles. The van der Waals surface area contributed by atoms with Crippen molar-refractivity contribution in [1.29, 1.82) is 0 Å². The maximum atomic E-state index is 13.0. The molecule has 1 fully saturated rings. The summed E-state index contributed by atoms with van der Waals surface area (Å²) in [5.41, 5.74) is 6.97. The quantitative estimate of drug-likeness (QED) is 0.0503. The van der Waals surface area contributed by atoms with Crippen molar-refractivity contribution in [1.82, 2.24) is 30.1 Å². The van der Waals surface area contributed by atoms with Gasteiger partial charge in [0.2, 0.25) is 17.7 Å². The van der Waals surface area contributed by atoms with E-state index >= 15 is 0 Å². The number of anilines is 1. The average molecular weight is 838 g/mol. The summed E-state index contributed by atoms with van der Waals surface area (Å²) in [4.78, 5) is 68.0. The number of carbonyl (C=O) groups excluding carboxylic acids is 4. The lowest BCUT2D eigenvalue weighted by Crippen LogP contribution is -2.44. The molecule has 1 saturated heterocycles. The van der Waals surface area contributed by atoms with Gasteiger partial charge < -0.3 is 16.0 Å². The number of benzene rings is 3. The Morgan fingerprint density at radius 3 is 2.51 bits per heavy atom. The first-order valence-electron chi connectivity index (χ1n) is 21.4. The summed E-state index contributed by atoms with van der Waals surface area (Å²) in [6.45, 7) is 3.20. The smallest absolute Gasteiger partial charge is 0.329 e. The number of imidazole rings is 1. The summed E-state index contributed by atoms with van der Waals surface area (Å²) in [6, 6.07) is 21.6. The molecule has 2 aliphatic rings. The Kier molecular flexibility index (Phi) is 12.6. The standard InChI is InChI=1S/C48H51N7O5S/c1-30-29-50-44-43-34-20-21-35(52-36(34)22-25-40(43)61-45(44)47(59)51-30)33-18-15-31(16-19-33)12-10-11-27-49-41(56)14-9-7-5-3-4-6-8-13-32-17-23-37-39(28-32)54(2)48(60)55(37)38-24-26-42(57)53-46(38)58/h15-23,25,28,30,38,50H,3-9,11,13-14,24,26-27,29H2,1-2H3,(H,49,56)(H,51,59)(H,53,57,58)/t30-,38?/m1/s1. The van der Waals surface area contributed by atoms with E-state index in [1.807, 2.05) is 67.6 Å². The number of rotatable bonds is 14. The highest BCUT2D eigenvalue weighted by molar-refractivity contribution is 7.21. The van der Waals surface area contributed by atoms with E-state index in [1.54, 1.807) is 11.6 Å². The van der Waals surface area contributed by atoms with Crippen molar-refractivity contribution in [2.24, 2.45) is 7.05 Å². The molecule has 8 rings (SSSR count). The minimum absolute atomic E-state index is 0.0349. The number of unbranched alkanes of at least 4 members (excludes halogenated alkanes) is 6. The summed E-state index contributed by atoms with van der Waals surface area (Å²) in [7, 11) is 1.72. The highest BCUT2D eigenvalue weighted by atomic mass is 32.1. The number of hydrogen-bond donors (Lipinski definition) is 4. The summed E-state index contributed by atoms with van der Waals surface area (Å²) >= 11 is 1.51. The van der Waals surface area contributed by atoms with Crippen LogP contribution >= 0.6 is 11.3 Å². The predicted octanol–water partition coefficient (Wildman–Crippen LogP) is 7.51. The first-order chi connectivity index (χ1) is 29.6. The van der Waals surface area contributed by atoms with Gasteiger partial charge in [-0.25, -0.2) is 9.78 Å². The number of amides is 4. The zero-order valence-electron chi connectivity index (χ0n) is 34.7. The van der Waals surface area contributed by atoms with Crippen LogP contribution in [0.15, 0.2) is 71.5 Å². The first kappa shape index (κ1) is 41.5. The van der Waals surface area contributed by atoms with Gasteiger partial charge in [-0.05, 0) is 86.7 Å². The monoisotopic (exact) mass is 837 g/mol. The average Bonchev–Trinajstić information content (AvgIpc) is 3.71. The van der Waals surface area contributed by atoms with Crippen LogP contribution in [0.3, 0.4) is 0 Å². The number of piperidine rings is 1. The van der Waals surface area contributed by atoms with Crippen molar-refractivity contribution < 1.29 is 19.2 Å². The van der Waals surface area contributed by atoms with Gasteiger partial charge in [0.25, 0.3) is 5.91 Å². The number of thiophene rings is 1. The molecule has 61 heavy (non-hydrogen) atoms. The van der Waals surface area contributed by atoms with Crippen molar-refractivity contribution in [2.45, 2.75) is 96.1 Å². The van der Waals surface area contributed by atoms with Crippen molar-refractivity contribution >= 4 is 72.7 Å². The maximum absolute atomic E-state index is 13.0. The highest BCUT2D eigenvalue weighted by Crippen LogP contribution is 2.41. The fourth-order valence-corrected chi connectivity index (χ4v) is 9.52. The molecule has 1 unspecified atom stereocenters. The minimum Gasteiger partial charge on any atom is -0.381 e. The third-order valence-electron chi connectivity index (χ3n) is 11.7. The maximum Gasteiger partial charge on any atom is 0.329 e. The predicted molar refractivity (Wildman–Crippen MR) is 242 cm³/mol. The van der Waals surface area contributed by atoms with Crippen LogP contribution in [0.2, 0.25) is 0 Å². The fourth-order valence-electron chi connectivity index (χ4n) is 8.42. The summed E-state index contributed by atoms with van der Waals surface area (Å²) in [5.74, 6) is 5.70. The topological polar surface area (TPSA) is 156 Å². The van der Waals surface area contributed by atoms with E-state index in [0.717, 1.165) is 106 Å². The van der Waals surface area contributed by atoms with Gasteiger partial charge in [0, 0.05) is 72.0 Å². The second kappa shape index (κ2) is 18.6. The number of hydrogen-bond acceptors (Lipinski definition) is 8. The van der Waals surface area contributed by atoms with Crippen LogP contribution in [0, 0.1) is 11.8 Å². The van der Waals surface area contributed by atoms with Crippen LogP contribution in [0.1, 0.15) is 104 Å². The number of carbonyl (C=O) groups is 4. The Bertz CT molecular complexity index is 2770. The van der Waals surface area contributed by atoms with E-state index in [9.17, 15) is 24.0 Å². The van der Waals surface area contributed by atoms with E-state index in [4.69, 9.17) is 4.98 Å². The van der Waals surface area contributed by atoms with Gasteiger partial charge in [-0.3, -0.25) is 33.6 Å². The zero-order chi connectivity index (χ0) is 42.5. The number of fused-ring (bicyclic) bond motifs is 6. The molecular weight excluding hydrogens is 787 g/mol. The third-order valence-corrected chi connectivity index (χ3v) is 12.9. The molecule has 0 radical (unpaired) electrons. The molecule has 4 amide bonds. The number of pyridine rings is 1. The molecular formula is C48H51N7O5S. The number of nitrogens with zero attached hydrogens (tertiary/aromatic N) is 3. The molecule has 0 aliphatic carbocycles. The Labute approximate surface area is 358 Å². The van der Waals surface area contributed by atoms with Crippen LogP contribution in [0.5, 0.6) is 0 Å². The van der Waals surface area contributed by atoms with E-state index in [-0.39, 0.29) is 35.9 Å². The normalized spacial score (nSPS) is 16.4. The van der Waals surface area contributed by atoms with Crippen molar-refractivity contribution in [3.63, 3.8) is 0 Å². The van der Waals surface area contributed by atoms with Gasteiger partial charge in [-0.2, -0.15) is 0 Å². The highest BCUT2D eigenvalue weighted by Gasteiger charge is 2.31. The van der Waals surface area contributed by atoms with Crippen LogP contribution in [0.25, 0.3) is 43.3 Å². The number of nitrogens with one attached hydrogen (secondary N) is 4. The van der Waals surface area contributed by atoms with E-state index < -0.39 is 11.9 Å². The third kappa shape index (κ3) is 9.25. The van der Waals surface area contributed by atoms with E-state index in [1.165, 1.54) is 15.9 Å². The first-order valence-corrected chi connectivity index (χ1v) is 22.3. The molecule has 12 nitrogen and oxygen atoms in total. The molecule has 13 heteroatoms. The van der Waals surface area contributed by atoms with Crippen molar-refractivity contribution in [2.75, 3.05) is 18.4 Å². The summed E-state index contributed by atoms with van der Waals surface area (Å²) in [6.07, 6.45) is 10.0. The molecule has 2 atom stereocenters. The van der Waals surface area contributed by atoms with Gasteiger partial charge in [-0.15, -0.1) is 11.3 Å². The van der Waals surface area contributed by atoms with E-state index in [0.29, 0.717) is 42.7 Å². The summed E-state index contributed by atoms with van der Waals surface area (Å²) < 4.78 is 4.16.